The molecule has 0 spiro atoms. The van der Waals surface area contributed by atoms with Crippen LogP contribution in [0, 0.1) is 0 Å². The second kappa shape index (κ2) is 17.1. The lowest BCUT2D eigenvalue weighted by Gasteiger charge is -1.94. The van der Waals surface area contributed by atoms with Gasteiger partial charge in [-0.2, -0.15) is 0 Å². The van der Waals surface area contributed by atoms with E-state index in [4.69, 9.17) is 5.11 Å². The quantitative estimate of drug-likeness (QED) is 0.610. The Kier molecular flexibility index (Phi) is 21.1. The summed E-state index contributed by atoms with van der Waals surface area (Å²) in [6.45, 7) is 15.8. The van der Waals surface area contributed by atoms with Gasteiger partial charge in [0.2, 0.25) is 0 Å². The molecule has 0 radical (unpaired) electrons. The summed E-state index contributed by atoms with van der Waals surface area (Å²) in [6, 6.07) is 0. The van der Waals surface area contributed by atoms with Gasteiger partial charge in [0.1, 0.15) is 6.61 Å². The molecule has 0 amide bonds. The molecule has 3 nitrogen and oxygen atoms in total. The Labute approximate surface area is 105 Å². The molecule has 0 aromatic heterocycles. The van der Waals surface area contributed by atoms with Gasteiger partial charge < -0.3 is 9.84 Å². The first-order valence-electron chi connectivity index (χ1n) is 5.41. The summed E-state index contributed by atoms with van der Waals surface area (Å²) < 4.78 is 4.64. The molecule has 17 heavy (non-hydrogen) atoms. The number of rotatable bonds is 3. The summed E-state index contributed by atoms with van der Waals surface area (Å²) in [5.41, 5.74) is 2.33. The highest BCUT2D eigenvalue weighted by molar-refractivity contribution is 5.65. The highest BCUT2D eigenvalue weighted by atomic mass is 16.5. The van der Waals surface area contributed by atoms with Crippen molar-refractivity contribution in [2.24, 2.45) is 0 Å². The van der Waals surface area contributed by atoms with Gasteiger partial charge >= 0.3 is 5.97 Å². The fourth-order valence-corrected chi connectivity index (χ4v) is 0.508. The molecule has 1 N–H and O–H groups in total. The monoisotopic (exact) mass is 242 g/mol. The summed E-state index contributed by atoms with van der Waals surface area (Å²) in [6.07, 6.45) is 3.63. The first kappa shape index (κ1) is 21.0. The Hall–Kier alpha value is -1.35. The van der Waals surface area contributed by atoms with Crippen LogP contribution in [0.4, 0.5) is 0 Å². The second-order valence-corrected chi connectivity index (χ2v) is 3.55. The lowest BCUT2D eigenvalue weighted by Crippen LogP contribution is -1.97. The summed E-state index contributed by atoms with van der Waals surface area (Å²) in [7, 11) is 0. The van der Waals surface area contributed by atoms with E-state index in [0.29, 0.717) is 6.61 Å². The van der Waals surface area contributed by atoms with Crippen molar-refractivity contribution in [2.75, 3.05) is 13.2 Å². The number of allylic oxidation sites excluding steroid dienone is 2. The molecular weight excluding hydrogens is 216 g/mol. The number of carbonyl (C=O) groups is 1. The van der Waals surface area contributed by atoms with E-state index in [1.165, 1.54) is 6.92 Å². The van der Waals surface area contributed by atoms with Crippen molar-refractivity contribution in [2.45, 2.75) is 34.6 Å². The molecule has 0 bridgehead atoms. The van der Waals surface area contributed by atoms with E-state index in [1.54, 1.807) is 6.08 Å². The lowest BCUT2D eigenvalue weighted by molar-refractivity contribution is -0.139. The van der Waals surface area contributed by atoms with Gasteiger partial charge in [-0.25, -0.2) is 0 Å². The summed E-state index contributed by atoms with van der Waals surface area (Å²) in [5, 5.41) is 8.16. The van der Waals surface area contributed by atoms with Crippen LogP contribution in [0.15, 0.2) is 36.5 Å². The van der Waals surface area contributed by atoms with E-state index >= 15 is 0 Å². The van der Waals surface area contributed by atoms with Crippen LogP contribution >= 0.6 is 0 Å². The number of hydrogen-bond acceptors (Lipinski definition) is 3. The van der Waals surface area contributed by atoms with Crippen LogP contribution in [0.2, 0.25) is 0 Å². The third-order valence-electron chi connectivity index (χ3n) is 1.28. The molecule has 0 heterocycles. The number of esters is 1. The highest BCUT2D eigenvalue weighted by Crippen LogP contribution is 1.88. The zero-order valence-electron chi connectivity index (χ0n) is 11.7. The largest absolute Gasteiger partial charge is 0.462 e. The normalized spacial score (nSPS) is 7.41. The predicted molar refractivity (Wildman–Crippen MR) is 73.8 cm³/mol. The van der Waals surface area contributed by atoms with Gasteiger partial charge in [-0.3, -0.25) is 4.79 Å². The molecule has 0 aliphatic rings. The minimum Gasteiger partial charge on any atom is -0.462 e. The van der Waals surface area contributed by atoms with Gasteiger partial charge in [-0.15, -0.1) is 13.2 Å². The summed E-state index contributed by atoms with van der Waals surface area (Å²) >= 11 is 0. The topological polar surface area (TPSA) is 46.5 Å². The average molecular weight is 242 g/mol. The van der Waals surface area contributed by atoms with Gasteiger partial charge in [0, 0.05) is 6.92 Å². The molecule has 3 heteroatoms. The maximum Gasteiger partial charge on any atom is 0.302 e. The Morgan fingerprint density at radius 3 is 1.65 bits per heavy atom. The standard InChI is InChI=1S/C7H12O2.C5H10O.C2H4/c1-6(2)4-5-9-7(3)8;1-5(2)3-4-6;1-2/h4H,5H2,1-3H3;3,6H,4H2,1-2H3;1-2H2. The Morgan fingerprint density at radius 1 is 1.06 bits per heavy atom. The van der Waals surface area contributed by atoms with Crippen molar-refractivity contribution in [3.8, 4) is 0 Å². The SMILES string of the molecule is C=C.CC(=O)OCC=C(C)C.CC(C)=CCO. The number of aliphatic hydroxyl groups is 1. The molecule has 0 saturated carbocycles. The van der Waals surface area contributed by atoms with Crippen molar-refractivity contribution < 1.29 is 14.6 Å². The molecule has 0 aromatic carbocycles. The first-order valence-corrected chi connectivity index (χ1v) is 5.41. The van der Waals surface area contributed by atoms with Crippen LogP contribution in [0.3, 0.4) is 0 Å². The van der Waals surface area contributed by atoms with E-state index in [0.717, 1.165) is 11.1 Å². The average Bonchev–Trinajstić information content (AvgIpc) is 2.20. The van der Waals surface area contributed by atoms with E-state index < -0.39 is 0 Å². The molecule has 0 atom stereocenters. The van der Waals surface area contributed by atoms with Crippen molar-refractivity contribution in [1.82, 2.24) is 0 Å². The maximum atomic E-state index is 10.2. The van der Waals surface area contributed by atoms with Crippen molar-refractivity contribution in [1.29, 1.82) is 0 Å². The molecule has 0 unspecified atom stereocenters. The summed E-state index contributed by atoms with van der Waals surface area (Å²) in [4.78, 5) is 10.2. The van der Waals surface area contributed by atoms with E-state index in [9.17, 15) is 4.79 Å². The van der Waals surface area contributed by atoms with Crippen LogP contribution in [0.25, 0.3) is 0 Å². The van der Waals surface area contributed by atoms with Crippen LogP contribution in [0.1, 0.15) is 34.6 Å². The zero-order chi connectivity index (χ0) is 14.3. The van der Waals surface area contributed by atoms with Gasteiger partial charge in [0.15, 0.2) is 0 Å². The Morgan fingerprint density at radius 2 is 1.47 bits per heavy atom. The predicted octanol–water partition coefficient (Wildman–Crippen LogP) is 3.26. The molecular formula is C14H26O3. The van der Waals surface area contributed by atoms with Crippen molar-refractivity contribution in [3.05, 3.63) is 36.5 Å². The molecule has 0 aliphatic carbocycles. The Balaban J connectivity index is -0.000000213. The van der Waals surface area contributed by atoms with Crippen molar-refractivity contribution in [3.63, 3.8) is 0 Å². The zero-order valence-corrected chi connectivity index (χ0v) is 11.7. The molecule has 0 rings (SSSR count). The van der Waals surface area contributed by atoms with E-state index in [2.05, 4.69) is 17.9 Å². The van der Waals surface area contributed by atoms with Gasteiger partial charge in [0.05, 0.1) is 6.61 Å². The van der Waals surface area contributed by atoms with E-state index in [1.807, 2.05) is 33.8 Å². The Bertz CT molecular complexity index is 232. The van der Waals surface area contributed by atoms with E-state index in [-0.39, 0.29) is 12.6 Å². The van der Waals surface area contributed by atoms with Gasteiger partial charge in [-0.1, -0.05) is 17.2 Å². The van der Waals surface area contributed by atoms with Crippen LogP contribution in [-0.4, -0.2) is 24.3 Å². The van der Waals surface area contributed by atoms with Gasteiger partial charge in [-0.05, 0) is 33.8 Å². The minimum atomic E-state index is -0.229. The van der Waals surface area contributed by atoms with Crippen LogP contribution in [0.5, 0.6) is 0 Å². The minimum absolute atomic E-state index is 0.169. The number of ether oxygens (including phenoxy) is 1. The fraction of sp³-hybridized carbons (Fsp3) is 0.500. The summed E-state index contributed by atoms with van der Waals surface area (Å²) in [5.74, 6) is -0.229. The smallest absolute Gasteiger partial charge is 0.302 e. The number of carbonyl (C=O) groups excluding carboxylic acids is 1. The molecule has 100 valence electrons. The molecule has 0 aliphatic heterocycles. The molecule has 0 fully saturated rings. The molecule has 0 aromatic rings. The second-order valence-electron chi connectivity index (χ2n) is 3.55. The third kappa shape index (κ3) is 40.1. The van der Waals surface area contributed by atoms with Gasteiger partial charge in [0.25, 0.3) is 0 Å². The first-order chi connectivity index (χ1) is 7.90. The van der Waals surface area contributed by atoms with Crippen molar-refractivity contribution >= 4 is 5.97 Å². The fourth-order valence-electron chi connectivity index (χ4n) is 0.508. The maximum absolute atomic E-state index is 10.2. The lowest BCUT2D eigenvalue weighted by atomic mass is 10.3. The highest BCUT2D eigenvalue weighted by Gasteiger charge is 1.86. The van der Waals surface area contributed by atoms with Crippen LogP contribution in [-0.2, 0) is 9.53 Å². The molecule has 0 saturated heterocycles. The van der Waals surface area contributed by atoms with Crippen LogP contribution < -0.4 is 0 Å². The number of hydrogen-bond donors (Lipinski definition) is 1. The third-order valence-corrected chi connectivity index (χ3v) is 1.28. The number of aliphatic hydroxyl groups excluding tert-OH is 1.